The second-order valence-corrected chi connectivity index (χ2v) is 7.12. The van der Waals surface area contributed by atoms with Crippen LogP contribution in [0, 0.1) is 16.7 Å². The van der Waals surface area contributed by atoms with E-state index in [0.717, 1.165) is 38.1 Å². The number of amides is 1. The van der Waals surface area contributed by atoms with Gasteiger partial charge in [-0.2, -0.15) is 0 Å². The molecule has 0 aliphatic heterocycles. The van der Waals surface area contributed by atoms with Crippen molar-refractivity contribution < 1.29 is 4.79 Å². The molecule has 3 atom stereocenters. The first kappa shape index (κ1) is 12.5. The van der Waals surface area contributed by atoms with Crippen LogP contribution in [-0.4, -0.2) is 18.5 Å². The van der Waals surface area contributed by atoms with E-state index in [0.29, 0.717) is 11.5 Å². The molecule has 3 fully saturated rings. The zero-order chi connectivity index (χ0) is 12.8. The van der Waals surface area contributed by atoms with Crippen LogP contribution < -0.4 is 11.1 Å². The topological polar surface area (TPSA) is 55.1 Å². The molecule has 0 heterocycles. The maximum Gasteiger partial charge on any atom is 0.224 e. The first-order valence-corrected chi connectivity index (χ1v) is 7.60. The third kappa shape index (κ3) is 1.87. The summed E-state index contributed by atoms with van der Waals surface area (Å²) in [5.41, 5.74) is 5.93. The number of hydrogen-bond donors (Lipinski definition) is 2. The summed E-state index contributed by atoms with van der Waals surface area (Å²) in [6, 6.07) is 0.619. The minimum absolute atomic E-state index is 0.0826. The molecule has 102 valence electrons. The molecule has 0 bridgehead atoms. The summed E-state index contributed by atoms with van der Waals surface area (Å²) in [6.07, 6.45) is 9.72. The summed E-state index contributed by atoms with van der Waals surface area (Å²) >= 11 is 0. The molecule has 3 rings (SSSR count). The van der Waals surface area contributed by atoms with Gasteiger partial charge in [-0.3, -0.25) is 4.79 Å². The maximum atomic E-state index is 11.8. The van der Waals surface area contributed by atoms with Gasteiger partial charge in [0.05, 0.1) is 5.41 Å². The number of carbonyl (C=O) groups is 1. The Kier molecular flexibility index (Phi) is 2.92. The summed E-state index contributed by atoms with van der Waals surface area (Å²) in [4.78, 5) is 11.8. The highest BCUT2D eigenvalue weighted by molar-refractivity contribution is 5.81. The molecule has 1 amide bonds. The van der Waals surface area contributed by atoms with Gasteiger partial charge in [0.1, 0.15) is 0 Å². The van der Waals surface area contributed by atoms with Gasteiger partial charge in [0, 0.05) is 12.6 Å². The molecule has 3 aliphatic carbocycles. The molecule has 3 N–H and O–H groups in total. The number of nitrogens with one attached hydrogen (secondary N) is 1. The van der Waals surface area contributed by atoms with Gasteiger partial charge in [0.25, 0.3) is 0 Å². The van der Waals surface area contributed by atoms with Gasteiger partial charge in [-0.25, -0.2) is 0 Å². The zero-order valence-electron chi connectivity index (χ0n) is 11.5. The van der Waals surface area contributed by atoms with E-state index in [-0.39, 0.29) is 11.3 Å². The van der Waals surface area contributed by atoms with Crippen LogP contribution >= 0.6 is 0 Å². The molecule has 18 heavy (non-hydrogen) atoms. The van der Waals surface area contributed by atoms with E-state index in [2.05, 4.69) is 12.2 Å². The Balaban J connectivity index is 1.61. The Morgan fingerprint density at radius 1 is 1.28 bits per heavy atom. The van der Waals surface area contributed by atoms with Crippen LogP contribution in [0.5, 0.6) is 0 Å². The van der Waals surface area contributed by atoms with Gasteiger partial charge < -0.3 is 11.1 Å². The van der Waals surface area contributed by atoms with Crippen molar-refractivity contribution in [3.05, 3.63) is 0 Å². The Hall–Kier alpha value is -0.570. The third-order valence-corrected chi connectivity index (χ3v) is 6.07. The van der Waals surface area contributed by atoms with Crippen LogP contribution in [0.4, 0.5) is 0 Å². The van der Waals surface area contributed by atoms with Crippen molar-refractivity contribution in [3.8, 4) is 0 Å². The Morgan fingerprint density at radius 2 is 2.00 bits per heavy atom. The fraction of sp³-hybridized carbons (Fsp3) is 0.933. The standard InChI is InChI=1S/C15H26N2O/c1-14-9-11(14)5-4-6-12(14)17-10-15(13(16)18)7-2-3-8-15/h11-12,17H,2-10H2,1H3,(H2,16,18). The van der Waals surface area contributed by atoms with Crippen LogP contribution in [0.3, 0.4) is 0 Å². The normalized spacial score (nSPS) is 41.4. The quantitative estimate of drug-likeness (QED) is 0.803. The predicted octanol–water partition coefficient (Wildman–Crippen LogP) is 2.20. The lowest BCUT2D eigenvalue weighted by Crippen LogP contribution is -2.49. The van der Waals surface area contributed by atoms with Crippen molar-refractivity contribution in [2.24, 2.45) is 22.5 Å². The molecule has 0 aromatic heterocycles. The zero-order valence-corrected chi connectivity index (χ0v) is 11.5. The van der Waals surface area contributed by atoms with E-state index in [1.54, 1.807) is 0 Å². The first-order chi connectivity index (χ1) is 8.57. The number of fused-ring (bicyclic) bond motifs is 1. The second kappa shape index (κ2) is 4.22. The van der Waals surface area contributed by atoms with Crippen LogP contribution in [-0.2, 0) is 4.79 Å². The molecule has 0 aromatic rings. The highest BCUT2D eigenvalue weighted by Gasteiger charge is 2.56. The lowest BCUT2D eigenvalue weighted by Gasteiger charge is -2.34. The number of nitrogens with two attached hydrogens (primary N) is 1. The number of primary amides is 1. The maximum absolute atomic E-state index is 11.8. The van der Waals surface area contributed by atoms with Crippen molar-refractivity contribution in [2.45, 2.75) is 64.3 Å². The van der Waals surface area contributed by atoms with Crippen LogP contribution in [0.2, 0.25) is 0 Å². The Morgan fingerprint density at radius 3 is 2.67 bits per heavy atom. The number of carbonyl (C=O) groups excluding carboxylic acids is 1. The molecular formula is C15H26N2O. The minimum Gasteiger partial charge on any atom is -0.369 e. The molecule has 3 aliphatic rings. The molecule has 3 heteroatoms. The Bertz CT molecular complexity index is 348. The van der Waals surface area contributed by atoms with Crippen LogP contribution in [0.1, 0.15) is 58.3 Å². The van der Waals surface area contributed by atoms with Crippen molar-refractivity contribution in [1.82, 2.24) is 5.32 Å². The van der Waals surface area contributed by atoms with Crippen molar-refractivity contribution >= 4 is 5.91 Å². The SMILES string of the molecule is CC12CC1CCCC2NCC1(C(N)=O)CCCC1. The van der Waals surface area contributed by atoms with Gasteiger partial charge >= 0.3 is 0 Å². The van der Waals surface area contributed by atoms with Gasteiger partial charge in [-0.15, -0.1) is 0 Å². The van der Waals surface area contributed by atoms with Crippen molar-refractivity contribution in [1.29, 1.82) is 0 Å². The highest BCUT2D eigenvalue weighted by Crippen LogP contribution is 2.61. The summed E-state index contributed by atoms with van der Waals surface area (Å²) in [6.45, 7) is 3.23. The fourth-order valence-corrected chi connectivity index (χ4v) is 4.44. The highest BCUT2D eigenvalue weighted by atomic mass is 16.1. The van der Waals surface area contributed by atoms with Gasteiger partial charge in [-0.1, -0.05) is 26.2 Å². The summed E-state index contributed by atoms with van der Waals surface area (Å²) in [5.74, 6) is 0.859. The smallest absolute Gasteiger partial charge is 0.224 e. The molecule has 3 unspecified atom stereocenters. The van der Waals surface area contributed by atoms with Crippen LogP contribution in [0.15, 0.2) is 0 Å². The summed E-state index contributed by atoms with van der Waals surface area (Å²) in [5, 5.41) is 3.72. The van der Waals surface area contributed by atoms with E-state index in [1.165, 1.54) is 25.7 Å². The van der Waals surface area contributed by atoms with E-state index in [9.17, 15) is 4.79 Å². The summed E-state index contributed by atoms with van der Waals surface area (Å²) < 4.78 is 0. The van der Waals surface area contributed by atoms with E-state index < -0.39 is 0 Å². The first-order valence-electron chi connectivity index (χ1n) is 7.60. The largest absolute Gasteiger partial charge is 0.369 e. The average Bonchev–Trinajstić information content (AvgIpc) is 2.82. The Labute approximate surface area is 110 Å². The van der Waals surface area contributed by atoms with Crippen molar-refractivity contribution in [2.75, 3.05) is 6.54 Å². The van der Waals surface area contributed by atoms with Gasteiger partial charge in [0.2, 0.25) is 5.91 Å². The minimum atomic E-state index is -0.238. The molecule has 0 spiro atoms. The third-order valence-electron chi connectivity index (χ3n) is 6.07. The van der Waals surface area contributed by atoms with E-state index >= 15 is 0 Å². The van der Waals surface area contributed by atoms with Crippen LogP contribution in [0.25, 0.3) is 0 Å². The molecule has 0 radical (unpaired) electrons. The molecule has 0 saturated heterocycles. The average molecular weight is 250 g/mol. The van der Waals surface area contributed by atoms with E-state index in [1.807, 2.05) is 0 Å². The lowest BCUT2D eigenvalue weighted by atomic mass is 9.81. The van der Waals surface area contributed by atoms with Gasteiger partial charge in [0.15, 0.2) is 0 Å². The van der Waals surface area contributed by atoms with Gasteiger partial charge in [-0.05, 0) is 43.4 Å². The predicted molar refractivity (Wildman–Crippen MR) is 72.0 cm³/mol. The lowest BCUT2D eigenvalue weighted by molar-refractivity contribution is -0.127. The second-order valence-electron chi connectivity index (χ2n) is 7.12. The van der Waals surface area contributed by atoms with Crippen molar-refractivity contribution in [3.63, 3.8) is 0 Å². The number of rotatable bonds is 4. The number of hydrogen-bond acceptors (Lipinski definition) is 2. The summed E-state index contributed by atoms with van der Waals surface area (Å²) in [7, 11) is 0. The molecule has 0 aromatic carbocycles. The molecular weight excluding hydrogens is 224 g/mol. The van der Waals surface area contributed by atoms with E-state index in [4.69, 9.17) is 5.73 Å². The monoisotopic (exact) mass is 250 g/mol. The fourth-order valence-electron chi connectivity index (χ4n) is 4.44. The molecule has 3 saturated carbocycles. The molecule has 3 nitrogen and oxygen atoms in total.